The van der Waals surface area contributed by atoms with E-state index in [1.54, 1.807) is 30.2 Å². The third-order valence-electron chi connectivity index (χ3n) is 4.22. The molecule has 1 atom stereocenters. The molecular formula is C18H19N3O2. The number of anilines is 1. The first kappa shape index (κ1) is 15.2. The van der Waals surface area contributed by atoms with E-state index in [-0.39, 0.29) is 18.2 Å². The average Bonchev–Trinajstić information content (AvgIpc) is 2.49. The lowest BCUT2D eigenvalue weighted by molar-refractivity contribution is -0.130. The van der Waals surface area contributed by atoms with Crippen LogP contribution in [0.1, 0.15) is 24.5 Å². The number of aliphatic imine (C=N–C) groups is 1. The van der Waals surface area contributed by atoms with Gasteiger partial charge in [-0.3, -0.25) is 9.59 Å². The van der Waals surface area contributed by atoms with Gasteiger partial charge in [-0.2, -0.15) is 4.99 Å². The fourth-order valence-electron chi connectivity index (χ4n) is 2.89. The first-order chi connectivity index (χ1) is 10.9. The number of rotatable bonds is 2. The highest BCUT2D eigenvalue weighted by atomic mass is 16.2. The molecule has 0 spiro atoms. The maximum atomic E-state index is 12.9. The number of benzene rings is 1. The Balaban J connectivity index is 1.91. The van der Waals surface area contributed by atoms with Gasteiger partial charge in [-0.25, -0.2) is 0 Å². The van der Waals surface area contributed by atoms with E-state index in [4.69, 9.17) is 0 Å². The van der Waals surface area contributed by atoms with Crippen molar-refractivity contribution in [3.63, 3.8) is 0 Å². The van der Waals surface area contributed by atoms with Crippen molar-refractivity contribution < 1.29 is 9.59 Å². The quantitative estimate of drug-likeness (QED) is 0.913. The number of hydrogen-bond donors (Lipinski definition) is 1. The fourth-order valence-corrected chi connectivity index (χ4v) is 2.89. The lowest BCUT2D eigenvalue weighted by atomic mass is 9.91. The summed E-state index contributed by atoms with van der Waals surface area (Å²) in [6, 6.07) is 5.85. The Kier molecular flexibility index (Phi) is 3.64. The molecule has 0 saturated heterocycles. The van der Waals surface area contributed by atoms with Crippen LogP contribution in [0.5, 0.6) is 0 Å². The zero-order valence-electron chi connectivity index (χ0n) is 13.5. The van der Waals surface area contributed by atoms with Crippen LogP contribution in [-0.2, 0) is 9.59 Å². The van der Waals surface area contributed by atoms with Gasteiger partial charge in [0.1, 0.15) is 11.4 Å². The van der Waals surface area contributed by atoms with Crippen LogP contribution < -0.4 is 5.32 Å². The Morgan fingerprint density at radius 3 is 2.83 bits per heavy atom. The van der Waals surface area contributed by atoms with Crippen LogP contribution in [0, 0.1) is 13.8 Å². The normalized spacial score (nSPS) is 22.7. The predicted octanol–water partition coefficient (Wildman–Crippen LogP) is 2.71. The fraction of sp³-hybridized carbons (Fsp3) is 0.278. The second-order valence-electron chi connectivity index (χ2n) is 6.16. The van der Waals surface area contributed by atoms with Crippen LogP contribution >= 0.6 is 0 Å². The molecule has 2 aliphatic rings. The number of hydrogen-bond acceptors (Lipinski definition) is 3. The minimum atomic E-state index is -0.993. The van der Waals surface area contributed by atoms with Crippen molar-refractivity contribution in [1.82, 2.24) is 4.90 Å². The Hall–Kier alpha value is -2.69. The van der Waals surface area contributed by atoms with Crippen molar-refractivity contribution in [2.75, 3.05) is 5.32 Å². The number of amides is 2. The molecule has 118 valence electrons. The SMILES string of the molecule is Cc1ccc(NC(=O)C2(C)CC(=O)N=C3C=CC=CN32)c(C)c1. The van der Waals surface area contributed by atoms with Gasteiger partial charge < -0.3 is 10.2 Å². The standard InChI is InChI=1S/C18H19N3O2/c1-12-7-8-14(13(2)10-12)19-17(23)18(3)11-16(22)20-15-6-4-5-9-21(15)18/h4-10H,11H2,1-3H3,(H,19,23). The number of nitrogens with zero attached hydrogens (tertiary/aromatic N) is 2. The molecule has 1 aromatic rings. The first-order valence-corrected chi connectivity index (χ1v) is 7.54. The van der Waals surface area contributed by atoms with Gasteiger partial charge >= 0.3 is 0 Å². The molecule has 0 fully saturated rings. The molecule has 2 heterocycles. The summed E-state index contributed by atoms with van der Waals surface area (Å²) >= 11 is 0. The van der Waals surface area contributed by atoms with Crippen molar-refractivity contribution in [2.24, 2.45) is 4.99 Å². The average molecular weight is 309 g/mol. The minimum Gasteiger partial charge on any atom is -0.324 e. The molecule has 3 rings (SSSR count). The number of carbonyl (C=O) groups excluding carboxylic acids is 2. The molecule has 0 bridgehead atoms. The predicted molar refractivity (Wildman–Crippen MR) is 90.1 cm³/mol. The molecule has 0 saturated carbocycles. The van der Waals surface area contributed by atoms with E-state index >= 15 is 0 Å². The van der Waals surface area contributed by atoms with Gasteiger partial charge in [0.05, 0.1) is 6.42 Å². The summed E-state index contributed by atoms with van der Waals surface area (Å²) in [6.45, 7) is 5.72. The molecule has 5 nitrogen and oxygen atoms in total. The van der Waals surface area contributed by atoms with Gasteiger partial charge in [0.2, 0.25) is 0 Å². The first-order valence-electron chi connectivity index (χ1n) is 7.54. The Bertz CT molecular complexity index is 776. The van der Waals surface area contributed by atoms with E-state index in [0.29, 0.717) is 5.84 Å². The van der Waals surface area contributed by atoms with Gasteiger partial charge in [0, 0.05) is 11.9 Å². The van der Waals surface area contributed by atoms with Gasteiger partial charge in [-0.15, -0.1) is 0 Å². The number of carbonyl (C=O) groups is 2. The Morgan fingerprint density at radius 1 is 1.30 bits per heavy atom. The molecule has 1 aromatic carbocycles. The molecule has 1 unspecified atom stereocenters. The van der Waals surface area contributed by atoms with Crippen molar-refractivity contribution >= 4 is 23.3 Å². The highest BCUT2D eigenvalue weighted by Crippen LogP contribution is 2.29. The summed E-state index contributed by atoms with van der Waals surface area (Å²) in [5.74, 6) is 0.00154. The smallest absolute Gasteiger partial charge is 0.250 e. The molecule has 5 heteroatoms. The van der Waals surface area contributed by atoms with Crippen LogP contribution in [-0.4, -0.2) is 28.1 Å². The number of nitrogens with one attached hydrogen (secondary N) is 1. The second kappa shape index (κ2) is 5.50. The zero-order valence-corrected chi connectivity index (χ0v) is 13.5. The molecular weight excluding hydrogens is 290 g/mol. The largest absolute Gasteiger partial charge is 0.324 e. The third kappa shape index (κ3) is 2.70. The number of amidine groups is 1. The number of aryl methyl sites for hydroxylation is 2. The van der Waals surface area contributed by atoms with Crippen LogP contribution in [0.25, 0.3) is 0 Å². The van der Waals surface area contributed by atoms with Crippen LogP contribution in [0.4, 0.5) is 5.69 Å². The van der Waals surface area contributed by atoms with Gasteiger partial charge in [0.15, 0.2) is 0 Å². The van der Waals surface area contributed by atoms with Crippen molar-refractivity contribution in [2.45, 2.75) is 32.7 Å². The highest BCUT2D eigenvalue weighted by molar-refractivity contribution is 6.12. The molecule has 23 heavy (non-hydrogen) atoms. The molecule has 1 N–H and O–H groups in total. The van der Waals surface area contributed by atoms with E-state index in [0.717, 1.165) is 16.8 Å². The van der Waals surface area contributed by atoms with Crippen molar-refractivity contribution in [3.8, 4) is 0 Å². The van der Waals surface area contributed by atoms with E-state index < -0.39 is 5.54 Å². The topological polar surface area (TPSA) is 61.8 Å². The van der Waals surface area contributed by atoms with Crippen molar-refractivity contribution in [1.29, 1.82) is 0 Å². The molecule has 0 aromatic heterocycles. The van der Waals surface area contributed by atoms with Gasteiger partial charge in [-0.1, -0.05) is 23.8 Å². The summed E-state index contributed by atoms with van der Waals surface area (Å²) in [5, 5.41) is 2.96. The lowest BCUT2D eigenvalue weighted by Crippen LogP contribution is -2.58. The van der Waals surface area contributed by atoms with E-state index in [1.165, 1.54) is 0 Å². The molecule has 2 amide bonds. The number of allylic oxidation sites excluding steroid dienone is 2. The zero-order chi connectivity index (χ0) is 16.6. The summed E-state index contributed by atoms with van der Waals surface area (Å²) in [5.41, 5.74) is 1.90. The summed E-state index contributed by atoms with van der Waals surface area (Å²) < 4.78 is 0. The van der Waals surface area contributed by atoms with Crippen LogP contribution in [0.15, 0.2) is 47.6 Å². The molecule has 2 aliphatic heterocycles. The van der Waals surface area contributed by atoms with E-state index in [1.807, 2.05) is 38.1 Å². The van der Waals surface area contributed by atoms with E-state index in [2.05, 4.69) is 10.3 Å². The Morgan fingerprint density at radius 2 is 2.09 bits per heavy atom. The van der Waals surface area contributed by atoms with Gasteiger partial charge in [-0.05, 0) is 44.6 Å². The summed E-state index contributed by atoms with van der Waals surface area (Å²) in [6.07, 6.45) is 7.20. The van der Waals surface area contributed by atoms with E-state index in [9.17, 15) is 9.59 Å². The monoisotopic (exact) mass is 309 g/mol. The maximum absolute atomic E-state index is 12.9. The van der Waals surface area contributed by atoms with Crippen molar-refractivity contribution in [3.05, 3.63) is 53.8 Å². The Labute approximate surface area is 135 Å². The minimum absolute atomic E-state index is 0.0470. The van der Waals surface area contributed by atoms with Gasteiger partial charge in [0.25, 0.3) is 11.8 Å². The number of fused-ring (bicyclic) bond motifs is 1. The molecule has 0 radical (unpaired) electrons. The molecule has 0 aliphatic carbocycles. The third-order valence-corrected chi connectivity index (χ3v) is 4.22. The second-order valence-corrected chi connectivity index (χ2v) is 6.16. The highest BCUT2D eigenvalue weighted by Gasteiger charge is 2.45. The maximum Gasteiger partial charge on any atom is 0.250 e. The van der Waals surface area contributed by atoms with Crippen LogP contribution in [0.3, 0.4) is 0 Å². The van der Waals surface area contributed by atoms with Crippen LogP contribution in [0.2, 0.25) is 0 Å². The summed E-state index contributed by atoms with van der Waals surface area (Å²) in [7, 11) is 0. The lowest BCUT2D eigenvalue weighted by Gasteiger charge is -2.41. The summed E-state index contributed by atoms with van der Waals surface area (Å²) in [4.78, 5) is 30.6.